The molecule has 0 saturated heterocycles. The number of benzene rings is 1. The van der Waals surface area contributed by atoms with Gasteiger partial charge in [0, 0.05) is 5.54 Å². The number of hydrogen-bond donors (Lipinski definition) is 2. The Hall–Kier alpha value is -1.06. The predicted molar refractivity (Wildman–Crippen MR) is 112 cm³/mol. The fraction of sp³-hybridized carbons (Fsp3) is 0.739. The molecule has 0 aliphatic carbocycles. The topological polar surface area (TPSA) is 55.5 Å². The van der Waals surface area contributed by atoms with E-state index in [1.165, 1.54) is 24.8 Å². The number of hydrogen-bond acceptors (Lipinski definition) is 3. The van der Waals surface area contributed by atoms with Crippen LogP contribution in [0.3, 0.4) is 0 Å². The molecule has 0 saturated carbocycles. The number of nitrogens with two attached hydrogens (primary N) is 1. The van der Waals surface area contributed by atoms with Crippen molar-refractivity contribution in [2.75, 3.05) is 13.2 Å². The van der Waals surface area contributed by atoms with Gasteiger partial charge in [-0.05, 0) is 54.7 Å². The van der Waals surface area contributed by atoms with Gasteiger partial charge in [-0.25, -0.2) is 0 Å². The molecule has 0 aromatic heterocycles. The van der Waals surface area contributed by atoms with Crippen molar-refractivity contribution in [2.24, 2.45) is 23.5 Å². The maximum absolute atomic E-state index is 9.56. The lowest BCUT2D eigenvalue weighted by molar-refractivity contribution is 0.146. The normalized spacial score (nSPS) is 15.3. The second-order valence-electron chi connectivity index (χ2n) is 8.76. The van der Waals surface area contributed by atoms with Gasteiger partial charge in [-0.15, -0.1) is 0 Å². The highest BCUT2D eigenvalue weighted by atomic mass is 16.5. The summed E-state index contributed by atoms with van der Waals surface area (Å²) in [6.45, 7) is 11.8. The van der Waals surface area contributed by atoms with Crippen LogP contribution in [0.4, 0.5) is 0 Å². The quantitative estimate of drug-likeness (QED) is 0.507. The van der Waals surface area contributed by atoms with E-state index < -0.39 is 5.54 Å². The lowest BCUT2D eigenvalue weighted by Gasteiger charge is -2.31. The van der Waals surface area contributed by atoms with Gasteiger partial charge >= 0.3 is 0 Å². The number of aliphatic hydroxyl groups is 1. The molecule has 2 unspecified atom stereocenters. The maximum atomic E-state index is 9.56. The second kappa shape index (κ2) is 11.6. The number of aliphatic hydroxyl groups excluding tert-OH is 1. The van der Waals surface area contributed by atoms with Crippen LogP contribution in [0.15, 0.2) is 24.3 Å². The molecule has 26 heavy (non-hydrogen) atoms. The number of rotatable bonds is 13. The molecule has 1 aromatic rings. The van der Waals surface area contributed by atoms with Gasteiger partial charge < -0.3 is 15.6 Å². The summed E-state index contributed by atoms with van der Waals surface area (Å²) in [6, 6.07) is 8.32. The van der Waals surface area contributed by atoms with Gasteiger partial charge in [0.2, 0.25) is 0 Å². The van der Waals surface area contributed by atoms with Gasteiger partial charge in [0.25, 0.3) is 0 Å². The van der Waals surface area contributed by atoms with Gasteiger partial charge in [0.05, 0.1) is 13.2 Å². The zero-order valence-corrected chi connectivity index (χ0v) is 17.6. The summed E-state index contributed by atoms with van der Waals surface area (Å²) in [5.41, 5.74) is 7.03. The molecule has 0 aliphatic rings. The van der Waals surface area contributed by atoms with E-state index in [4.69, 9.17) is 10.5 Å². The highest BCUT2D eigenvalue weighted by Crippen LogP contribution is 2.22. The zero-order chi connectivity index (χ0) is 19.6. The molecule has 0 fully saturated rings. The molecule has 0 radical (unpaired) electrons. The first-order valence-electron chi connectivity index (χ1n) is 10.4. The van der Waals surface area contributed by atoms with Crippen LogP contribution in [-0.4, -0.2) is 23.9 Å². The van der Waals surface area contributed by atoms with Gasteiger partial charge in [0.15, 0.2) is 0 Å². The molecule has 0 aliphatic heterocycles. The van der Waals surface area contributed by atoms with Crippen molar-refractivity contribution in [3.8, 4) is 5.75 Å². The van der Waals surface area contributed by atoms with Crippen LogP contribution in [0.25, 0.3) is 0 Å². The van der Waals surface area contributed by atoms with E-state index in [0.717, 1.165) is 43.5 Å². The Labute approximate surface area is 161 Å². The van der Waals surface area contributed by atoms with Crippen molar-refractivity contribution in [1.82, 2.24) is 0 Å². The first-order chi connectivity index (χ1) is 12.3. The van der Waals surface area contributed by atoms with Gasteiger partial charge in [-0.2, -0.15) is 0 Å². The average Bonchev–Trinajstić information content (AvgIpc) is 2.60. The van der Waals surface area contributed by atoms with Crippen LogP contribution < -0.4 is 10.5 Å². The zero-order valence-electron chi connectivity index (χ0n) is 17.6. The van der Waals surface area contributed by atoms with Crippen molar-refractivity contribution in [2.45, 2.75) is 78.7 Å². The van der Waals surface area contributed by atoms with E-state index in [-0.39, 0.29) is 12.5 Å². The Kier molecular flexibility index (Phi) is 10.3. The molecule has 3 heteroatoms. The van der Waals surface area contributed by atoms with E-state index in [9.17, 15) is 5.11 Å². The minimum Gasteiger partial charge on any atom is -0.494 e. The van der Waals surface area contributed by atoms with Crippen molar-refractivity contribution >= 4 is 0 Å². The van der Waals surface area contributed by atoms with Crippen molar-refractivity contribution in [1.29, 1.82) is 0 Å². The van der Waals surface area contributed by atoms with Crippen LogP contribution in [0, 0.1) is 17.8 Å². The van der Waals surface area contributed by atoms with Crippen LogP contribution in [0.2, 0.25) is 0 Å². The molecule has 0 amide bonds. The molecule has 150 valence electrons. The average molecular weight is 364 g/mol. The molecule has 0 spiro atoms. The van der Waals surface area contributed by atoms with Crippen LogP contribution in [0.5, 0.6) is 5.75 Å². The fourth-order valence-electron chi connectivity index (χ4n) is 3.08. The largest absolute Gasteiger partial charge is 0.494 e. The Morgan fingerprint density at radius 2 is 1.65 bits per heavy atom. The SMILES string of the molecule is CC(C)CCCC(C)CCOc1ccc(CCC(N)(CO)C(C)C)cc1. The third kappa shape index (κ3) is 8.55. The number of aryl methyl sites for hydroxylation is 1. The lowest BCUT2D eigenvalue weighted by Crippen LogP contribution is -2.48. The second-order valence-corrected chi connectivity index (χ2v) is 8.76. The van der Waals surface area contributed by atoms with E-state index in [0.29, 0.717) is 0 Å². The monoisotopic (exact) mass is 363 g/mol. The first-order valence-corrected chi connectivity index (χ1v) is 10.4. The van der Waals surface area contributed by atoms with Crippen LogP contribution in [0.1, 0.15) is 72.3 Å². The Bertz CT molecular complexity index is 483. The summed E-state index contributed by atoms with van der Waals surface area (Å²) in [7, 11) is 0. The summed E-state index contributed by atoms with van der Waals surface area (Å²) >= 11 is 0. The lowest BCUT2D eigenvalue weighted by atomic mass is 9.83. The molecule has 0 bridgehead atoms. The summed E-state index contributed by atoms with van der Waals surface area (Å²) < 4.78 is 5.90. The van der Waals surface area contributed by atoms with Gasteiger partial charge in [0.1, 0.15) is 5.75 Å². The Morgan fingerprint density at radius 1 is 1.00 bits per heavy atom. The summed E-state index contributed by atoms with van der Waals surface area (Å²) in [6.07, 6.45) is 6.71. The third-order valence-corrected chi connectivity index (χ3v) is 5.60. The molecular weight excluding hydrogens is 322 g/mol. The van der Waals surface area contributed by atoms with E-state index in [1.807, 2.05) is 12.1 Å². The summed E-state index contributed by atoms with van der Waals surface area (Å²) in [5.74, 6) is 2.73. The van der Waals surface area contributed by atoms with Crippen LogP contribution in [-0.2, 0) is 6.42 Å². The van der Waals surface area contributed by atoms with E-state index >= 15 is 0 Å². The van der Waals surface area contributed by atoms with Crippen LogP contribution >= 0.6 is 0 Å². The predicted octanol–water partition coefficient (Wildman–Crippen LogP) is 5.20. The smallest absolute Gasteiger partial charge is 0.119 e. The minimum absolute atomic E-state index is 0.0290. The fourth-order valence-corrected chi connectivity index (χ4v) is 3.08. The van der Waals surface area contributed by atoms with Crippen molar-refractivity contribution in [3.63, 3.8) is 0 Å². The molecule has 1 rings (SSSR count). The van der Waals surface area contributed by atoms with Gasteiger partial charge in [-0.1, -0.05) is 66.0 Å². The molecule has 3 N–H and O–H groups in total. The summed E-state index contributed by atoms with van der Waals surface area (Å²) in [5, 5.41) is 9.56. The van der Waals surface area contributed by atoms with E-state index in [1.54, 1.807) is 0 Å². The summed E-state index contributed by atoms with van der Waals surface area (Å²) in [4.78, 5) is 0. The third-order valence-electron chi connectivity index (χ3n) is 5.60. The van der Waals surface area contributed by atoms with Crippen molar-refractivity contribution in [3.05, 3.63) is 29.8 Å². The molecule has 3 nitrogen and oxygen atoms in total. The number of ether oxygens (including phenoxy) is 1. The highest BCUT2D eigenvalue weighted by Gasteiger charge is 2.27. The molecular formula is C23H41NO2. The van der Waals surface area contributed by atoms with E-state index in [2.05, 4.69) is 46.8 Å². The minimum atomic E-state index is -0.499. The Morgan fingerprint density at radius 3 is 2.19 bits per heavy atom. The molecule has 0 heterocycles. The molecule has 1 aromatic carbocycles. The standard InChI is InChI=1S/C23H41NO2/c1-18(2)7-6-8-20(5)14-16-26-22-11-9-21(10-12-22)13-15-23(24,17-25)19(3)4/h9-12,18-20,25H,6-8,13-17,24H2,1-5H3. The Balaban J connectivity index is 2.32. The maximum Gasteiger partial charge on any atom is 0.119 e. The first kappa shape index (κ1) is 23.0. The van der Waals surface area contributed by atoms with Gasteiger partial charge in [-0.3, -0.25) is 0 Å². The highest BCUT2D eigenvalue weighted by molar-refractivity contribution is 5.27. The molecule has 2 atom stereocenters. The van der Waals surface area contributed by atoms with Crippen molar-refractivity contribution < 1.29 is 9.84 Å².